The highest BCUT2D eigenvalue weighted by atomic mass is 31.1. The molecule has 0 aliphatic heterocycles. The number of carbonyl (C=O) groups excluding carboxylic acids is 1. The first-order valence-electron chi connectivity index (χ1n) is 4.15. The molecule has 0 saturated heterocycles. The summed E-state index contributed by atoms with van der Waals surface area (Å²) in [6, 6.07) is 0. The van der Waals surface area contributed by atoms with Crippen LogP contribution in [-0.2, 0) is 18.6 Å². The molecule has 0 aromatic carbocycles. The quantitative estimate of drug-likeness (QED) is 0.433. The lowest BCUT2D eigenvalue weighted by Gasteiger charge is -2.03. The molecular weight excluding hydrogens is 207 g/mol. The zero-order valence-electron chi connectivity index (χ0n) is 8.39. The number of carbonyl (C=O) groups is 1. The van der Waals surface area contributed by atoms with E-state index >= 15 is 0 Å². The summed E-state index contributed by atoms with van der Waals surface area (Å²) in [5.74, 6) is -0.478. The minimum Gasteiger partial charge on any atom is -0.463 e. The third-order valence-electron chi connectivity index (χ3n) is 1.52. The van der Waals surface area contributed by atoms with Gasteiger partial charge in [0, 0.05) is 10.6 Å². The molecule has 5 nitrogen and oxygen atoms in total. The summed E-state index contributed by atoms with van der Waals surface area (Å²) in [6.45, 7) is 5.20. The maximum atomic E-state index is 11.0. The van der Waals surface area contributed by atoms with Crippen molar-refractivity contribution in [3.63, 3.8) is 0 Å². The van der Waals surface area contributed by atoms with E-state index < -0.39 is 20.3 Å². The van der Waals surface area contributed by atoms with E-state index in [4.69, 9.17) is 4.89 Å². The van der Waals surface area contributed by atoms with Crippen molar-refractivity contribution in [1.29, 1.82) is 0 Å². The molecule has 0 fully saturated rings. The van der Waals surface area contributed by atoms with Crippen LogP contribution in [0.1, 0.15) is 20.8 Å². The number of hydrogen-bond acceptors (Lipinski definition) is 4. The van der Waals surface area contributed by atoms with Crippen LogP contribution in [0.5, 0.6) is 0 Å². The second-order valence-corrected chi connectivity index (χ2v) is 3.31. The first-order valence-corrected chi connectivity index (χ1v) is 5.28. The Hall–Kier alpha value is -0.770. The molecule has 0 heterocycles. The molecule has 0 aromatic heterocycles. The molecule has 2 atom stereocenters. The van der Waals surface area contributed by atoms with E-state index in [-0.39, 0.29) is 0 Å². The zero-order valence-corrected chi connectivity index (χ0v) is 9.28. The van der Waals surface area contributed by atoms with E-state index in [1.54, 1.807) is 20.8 Å². The first-order chi connectivity index (χ1) is 6.47. The highest BCUT2D eigenvalue weighted by Gasteiger charge is 2.20. The predicted octanol–water partition coefficient (Wildman–Crippen LogP) is 1.55. The van der Waals surface area contributed by atoms with Gasteiger partial charge in [-0.15, -0.1) is 9.42 Å². The fourth-order valence-corrected chi connectivity index (χ4v) is 1.14. The topological polar surface area (TPSA) is 72.8 Å². The van der Waals surface area contributed by atoms with Gasteiger partial charge in [0.2, 0.25) is 0 Å². The number of rotatable bonds is 5. The first kappa shape index (κ1) is 13.2. The monoisotopic (exact) mass is 221 g/mol. The number of ether oxygens (including phenoxy) is 1. The molecule has 0 aromatic rings. The molecule has 0 rings (SSSR count). The molecule has 2 unspecified atom stereocenters. The maximum Gasteiger partial charge on any atom is 0.695 e. The van der Waals surface area contributed by atoms with E-state index in [0.29, 0.717) is 12.2 Å². The van der Waals surface area contributed by atoms with E-state index in [2.05, 4.69) is 9.26 Å². The molecule has 6 heteroatoms. The standard InChI is InChI=1S/C8H13O5P/c1-4-12-8(9)5-6(2)7(3)13-14(10)11/h5,7H,4H2,1-3H3/p+1/b6-5+. The lowest BCUT2D eigenvalue weighted by molar-refractivity contribution is -0.137. The van der Waals surface area contributed by atoms with E-state index in [0.717, 1.165) is 0 Å². The second-order valence-electron chi connectivity index (χ2n) is 2.63. The molecular formula is C8H14O5P+. The molecule has 0 aliphatic rings. The summed E-state index contributed by atoms with van der Waals surface area (Å²) >= 11 is 0. The van der Waals surface area contributed by atoms with Crippen LogP contribution in [0.3, 0.4) is 0 Å². The van der Waals surface area contributed by atoms with Crippen molar-refractivity contribution in [3.05, 3.63) is 11.6 Å². The average Bonchev–Trinajstić information content (AvgIpc) is 2.02. The molecule has 0 saturated carbocycles. The van der Waals surface area contributed by atoms with Crippen LogP contribution in [0.4, 0.5) is 0 Å². The van der Waals surface area contributed by atoms with Gasteiger partial charge in [0.05, 0.1) is 6.61 Å². The highest BCUT2D eigenvalue weighted by Crippen LogP contribution is 2.21. The Bertz CT molecular complexity index is 248. The largest absolute Gasteiger partial charge is 0.695 e. The van der Waals surface area contributed by atoms with Gasteiger partial charge in [-0.2, -0.15) is 0 Å². The molecule has 0 amide bonds. The second kappa shape index (κ2) is 6.65. The summed E-state index contributed by atoms with van der Waals surface area (Å²) in [5, 5.41) is 0. The number of esters is 1. The van der Waals surface area contributed by atoms with Gasteiger partial charge in [-0.3, -0.25) is 0 Å². The average molecular weight is 221 g/mol. The Morgan fingerprint density at radius 3 is 2.64 bits per heavy atom. The SMILES string of the molecule is CCOC(=O)/C=C(\C)C(C)O[P+](=O)O. The lowest BCUT2D eigenvalue weighted by atomic mass is 10.2. The van der Waals surface area contributed by atoms with Crippen molar-refractivity contribution >= 4 is 14.2 Å². The van der Waals surface area contributed by atoms with Crippen molar-refractivity contribution in [3.8, 4) is 0 Å². The molecule has 0 radical (unpaired) electrons. The molecule has 0 aliphatic carbocycles. The highest BCUT2D eigenvalue weighted by molar-refractivity contribution is 7.32. The molecule has 1 N–H and O–H groups in total. The van der Waals surface area contributed by atoms with Crippen LogP contribution >= 0.6 is 8.25 Å². The molecule has 0 bridgehead atoms. The van der Waals surface area contributed by atoms with Crippen molar-refractivity contribution < 1.29 is 23.5 Å². The summed E-state index contributed by atoms with van der Waals surface area (Å²) in [5.41, 5.74) is 0.542. The fourth-order valence-electron chi connectivity index (χ4n) is 0.706. The van der Waals surface area contributed by atoms with Crippen molar-refractivity contribution in [2.45, 2.75) is 26.9 Å². The normalized spacial score (nSPS) is 14.9. The van der Waals surface area contributed by atoms with Crippen molar-refractivity contribution in [1.82, 2.24) is 0 Å². The van der Waals surface area contributed by atoms with Crippen LogP contribution in [0, 0.1) is 0 Å². The zero-order chi connectivity index (χ0) is 11.1. The van der Waals surface area contributed by atoms with Crippen molar-refractivity contribution in [2.24, 2.45) is 0 Å². The van der Waals surface area contributed by atoms with E-state index in [9.17, 15) is 9.36 Å². The predicted molar refractivity (Wildman–Crippen MR) is 50.8 cm³/mol. The Balaban J connectivity index is 4.21. The van der Waals surface area contributed by atoms with E-state index in [1.165, 1.54) is 6.08 Å². The Labute approximate surface area is 83.7 Å². The lowest BCUT2D eigenvalue weighted by Crippen LogP contribution is -2.08. The van der Waals surface area contributed by atoms with Gasteiger partial charge in [0.25, 0.3) is 0 Å². The minimum absolute atomic E-state index is 0.298. The fraction of sp³-hybridized carbons (Fsp3) is 0.625. The minimum atomic E-state index is -2.65. The summed E-state index contributed by atoms with van der Waals surface area (Å²) in [7, 11) is -2.65. The molecule has 14 heavy (non-hydrogen) atoms. The van der Waals surface area contributed by atoms with Crippen LogP contribution in [-0.4, -0.2) is 23.6 Å². The van der Waals surface area contributed by atoms with Crippen LogP contribution in [0.25, 0.3) is 0 Å². The smallest absolute Gasteiger partial charge is 0.463 e. The van der Waals surface area contributed by atoms with Gasteiger partial charge in [0.15, 0.2) is 0 Å². The summed E-state index contributed by atoms with van der Waals surface area (Å²) < 4.78 is 19.5. The van der Waals surface area contributed by atoms with E-state index in [1.807, 2.05) is 0 Å². The van der Waals surface area contributed by atoms with Crippen LogP contribution < -0.4 is 0 Å². The summed E-state index contributed by atoms with van der Waals surface area (Å²) in [4.78, 5) is 19.4. The van der Waals surface area contributed by atoms with Crippen LogP contribution in [0.15, 0.2) is 11.6 Å². The van der Waals surface area contributed by atoms with Gasteiger partial charge in [0.1, 0.15) is 6.10 Å². The summed E-state index contributed by atoms with van der Waals surface area (Å²) in [6.07, 6.45) is 0.667. The van der Waals surface area contributed by atoms with Crippen LogP contribution in [0.2, 0.25) is 0 Å². The molecule has 80 valence electrons. The number of hydrogen-bond donors (Lipinski definition) is 1. The van der Waals surface area contributed by atoms with Gasteiger partial charge in [-0.25, -0.2) is 4.79 Å². The van der Waals surface area contributed by atoms with Gasteiger partial charge < -0.3 is 4.74 Å². The van der Waals surface area contributed by atoms with Gasteiger partial charge in [-0.1, -0.05) is 0 Å². The Morgan fingerprint density at radius 1 is 1.64 bits per heavy atom. The molecule has 0 spiro atoms. The third-order valence-corrected chi connectivity index (χ3v) is 2.02. The maximum absolute atomic E-state index is 11.0. The Kier molecular flexibility index (Phi) is 6.28. The van der Waals surface area contributed by atoms with Gasteiger partial charge >= 0.3 is 14.2 Å². The Morgan fingerprint density at radius 2 is 2.21 bits per heavy atom. The van der Waals surface area contributed by atoms with Crippen molar-refractivity contribution in [2.75, 3.05) is 6.61 Å². The van der Waals surface area contributed by atoms with Gasteiger partial charge in [-0.05, 0) is 26.3 Å². The third kappa shape index (κ3) is 5.80.